The number of hydrogen-bond acceptors (Lipinski definition) is 3. The second kappa shape index (κ2) is 2.05. The predicted molar refractivity (Wildman–Crippen MR) is 34.4 cm³/mol. The summed E-state index contributed by atoms with van der Waals surface area (Å²) in [7, 11) is 1.89. The highest BCUT2D eigenvalue weighted by Crippen LogP contribution is 2.11. The molecule has 1 aliphatic rings. The molecule has 0 atom stereocenters. The summed E-state index contributed by atoms with van der Waals surface area (Å²) in [5.74, 6) is 0. The molecule has 0 amide bonds. The molecule has 0 N–H and O–H groups in total. The van der Waals surface area contributed by atoms with E-state index in [9.17, 15) is 0 Å². The first-order chi connectivity index (χ1) is 4.88. The average Bonchev–Trinajstić information content (AvgIpc) is 2.34. The number of aryl methyl sites for hydroxylation is 1. The van der Waals surface area contributed by atoms with Gasteiger partial charge in [-0.2, -0.15) is 0 Å². The van der Waals surface area contributed by atoms with Crippen LogP contribution in [0.1, 0.15) is 11.4 Å². The van der Waals surface area contributed by atoms with Crippen LogP contribution in [0.3, 0.4) is 0 Å². The van der Waals surface area contributed by atoms with Gasteiger partial charge in [-0.15, -0.1) is 5.10 Å². The van der Waals surface area contributed by atoms with Crippen molar-refractivity contribution >= 4 is 0 Å². The first-order valence-corrected chi connectivity index (χ1v) is 3.33. The van der Waals surface area contributed by atoms with Gasteiger partial charge in [-0.25, -0.2) is 4.68 Å². The minimum absolute atomic E-state index is 0.666. The van der Waals surface area contributed by atoms with Crippen molar-refractivity contribution in [3.8, 4) is 0 Å². The quantitative estimate of drug-likeness (QED) is 0.503. The summed E-state index contributed by atoms with van der Waals surface area (Å²) in [6.07, 6.45) is 0.906. The Morgan fingerprint density at radius 2 is 2.50 bits per heavy atom. The van der Waals surface area contributed by atoms with Crippen LogP contribution in [0.5, 0.6) is 0 Å². The molecule has 0 fully saturated rings. The van der Waals surface area contributed by atoms with Crippen LogP contribution in [0.2, 0.25) is 0 Å². The van der Waals surface area contributed by atoms with Crippen LogP contribution in [-0.2, 0) is 24.8 Å². The molecule has 2 rings (SSSR count). The van der Waals surface area contributed by atoms with Crippen LogP contribution < -0.4 is 0 Å². The van der Waals surface area contributed by atoms with Gasteiger partial charge in [0.1, 0.15) is 0 Å². The standard InChI is InChI=1S/C6H9N3O/c1-9-6-4-10-3-2-5(6)7-8-9/h2-4H2,1H3. The number of hydrogen-bond donors (Lipinski definition) is 0. The Balaban J connectivity index is 2.45. The molecule has 0 saturated heterocycles. The first kappa shape index (κ1) is 5.85. The highest BCUT2D eigenvalue weighted by molar-refractivity contribution is 5.10. The van der Waals surface area contributed by atoms with E-state index in [1.54, 1.807) is 4.68 Å². The molecular formula is C6H9N3O. The number of fused-ring (bicyclic) bond motifs is 1. The van der Waals surface area contributed by atoms with Crippen molar-refractivity contribution in [2.24, 2.45) is 7.05 Å². The summed E-state index contributed by atoms with van der Waals surface area (Å²) >= 11 is 0. The summed E-state index contributed by atoms with van der Waals surface area (Å²) in [5, 5.41) is 7.87. The van der Waals surface area contributed by atoms with Gasteiger partial charge in [-0.3, -0.25) is 0 Å². The van der Waals surface area contributed by atoms with E-state index in [2.05, 4.69) is 10.3 Å². The fourth-order valence-corrected chi connectivity index (χ4v) is 1.13. The molecule has 0 aromatic carbocycles. The number of ether oxygens (including phenoxy) is 1. The van der Waals surface area contributed by atoms with Gasteiger partial charge in [-0.05, 0) is 0 Å². The van der Waals surface area contributed by atoms with E-state index < -0.39 is 0 Å². The lowest BCUT2D eigenvalue weighted by molar-refractivity contribution is 0.104. The maximum absolute atomic E-state index is 5.23. The van der Waals surface area contributed by atoms with Gasteiger partial charge in [0.15, 0.2) is 0 Å². The van der Waals surface area contributed by atoms with E-state index >= 15 is 0 Å². The van der Waals surface area contributed by atoms with Crippen molar-refractivity contribution < 1.29 is 4.74 Å². The average molecular weight is 139 g/mol. The van der Waals surface area contributed by atoms with Gasteiger partial charge in [0.2, 0.25) is 0 Å². The molecule has 2 heterocycles. The van der Waals surface area contributed by atoms with Crippen LogP contribution in [0.15, 0.2) is 0 Å². The molecule has 0 saturated carbocycles. The van der Waals surface area contributed by atoms with Crippen molar-refractivity contribution in [2.75, 3.05) is 6.61 Å². The Bertz CT molecular complexity index is 243. The third kappa shape index (κ3) is 0.724. The second-order valence-electron chi connectivity index (χ2n) is 2.41. The summed E-state index contributed by atoms with van der Waals surface area (Å²) in [4.78, 5) is 0. The van der Waals surface area contributed by atoms with Crippen molar-refractivity contribution in [3.63, 3.8) is 0 Å². The lowest BCUT2D eigenvalue weighted by Gasteiger charge is -2.10. The predicted octanol–water partition coefficient (Wildman–Crippen LogP) is -0.112. The number of aromatic nitrogens is 3. The molecule has 0 aliphatic carbocycles. The molecule has 0 radical (unpaired) electrons. The minimum Gasteiger partial charge on any atom is -0.375 e. The first-order valence-electron chi connectivity index (χ1n) is 3.33. The zero-order valence-corrected chi connectivity index (χ0v) is 5.87. The highest BCUT2D eigenvalue weighted by atomic mass is 16.5. The minimum atomic E-state index is 0.666. The Kier molecular flexibility index (Phi) is 1.20. The maximum atomic E-state index is 5.23. The topological polar surface area (TPSA) is 39.9 Å². The Morgan fingerprint density at radius 1 is 1.60 bits per heavy atom. The van der Waals surface area contributed by atoms with Crippen LogP contribution in [-0.4, -0.2) is 21.6 Å². The molecule has 54 valence electrons. The van der Waals surface area contributed by atoms with Crippen LogP contribution >= 0.6 is 0 Å². The Hall–Kier alpha value is -0.900. The zero-order valence-electron chi connectivity index (χ0n) is 5.87. The molecule has 10 heavy (non-hydrogen) atoms. The molecule has 1 aliphatic heterocycles. The summed E-state index contributed by atoms with van der Waals surface area (Å²) in [6, 6.07) is 0. The smallest absolute Gasteiger partial charge is 0.0906 e. The second-order valence-corrected chi connectivity index (χ2v) is 2.41. The van der Waals surface area contributed by atoms with E-state index in [0.29, 0.717) is 6.61 Å². The van der Waals surface area contributed by atoms with E-state index in [4.69, 9.17) is 4.74 Å². The normalized spacial score (nSPS) is 16.9. The largest absolute Gasteiger partial charge is 0.375 e. The zero-order chi connectivity index (χ0) is 6.97. The van der Waals surface area contributed by atoms with Gasteiger partial charge >= 0.3 is 0 Å². The Morgan fingerprint density at radius 3 is 3.30 bits per heavy atom. The third-order valence-electron chi connectivity index (χ3n) is 1.75. The summed E-state index contributed by atoms with van der Waals surface area (Å²) < 4.78 is 7.01. The molecule has 0 spiro atoms. The van der Waals surface area contributed by atoms with Gasteiger partial charge in [0.25, 0.3) is 0 Å². The van der Waals surface area contributed by atoms with Crippen LogP contribution in [0, 0.1) is 0 Å². The molecule has 4 nitrogen and oxygen atoms in total. The van der Waals surface area contributed by atoms with Crippen molar-refractivity contribution in [1.82, 2.24) is 15.0 Å². The maximum Gasteiger partial charge on any atom is 0.0906 e. The SMILES string of the molecule is Cn1nnc2c1COCC2. The van der Waals surface area contributed by atoms with Crippen molar-refractivity contribution in [2.45, 2.75) is 13.0 Å². The molecule has 0 unspecified atom stereocenters. The molecular weight excluding hydrogens is 130 g/mol. The fourth-order valence-electron chi connectivity index (χ4n) is 1.13. The molecule has 0 bridgehead atoms. The Labute approximate surface area is 58.8 Å². The highest BCUT2D eigenvalue weighted by Gasteiger charge is 2.14. The summed E-state index contributed by atoms with van der Waals surface area (Å²) in [5.41, 5.74) is 2.21. The van der Waals surface area contributed by atoms with Crippen LogP contribution in [0.4, 0.5) is 0 Å². The van der Waals surface area contributed by atoms with Gasteiger partial charge in [0, 0.05) is 13.5 Å². The van der Waals surface area contributed by atoms with Gasteiger partial charge in [-0.1, -0.05) is 5.21 Å². The fraction of sp³-hybridized carbons (Fsp3) is 0.667. The van der Waals surface area contributed by atoms with Crippen molar-refractivity contribution in [1.29, 1.82) is 0 Å². The lowest BCUT2D eigenvalue weighted by Crippen LogP contribution is -2.11. The van der Waals surface area contributed by atoms with E-state index in [-0.39, 0.29) is 0 Å². The summed E-state index contributed by atoms with van der Waals surface area (Å²) in [6.45, 7) is 1.45. The monoisotopic (exact) mass is 139 g/mol. The van der Waals surface area contributed by atoms with Crippen molar-refractivity contribution in [3.05, 3.63) is 11.4 Å². The number of rotatable bonds is 0. The lowest BCUT2D eigenvalue weighted by atomic mass is 10.2. The van der Waals surface area contributed by atoms with E-state index in [1.165, 1.54) is 0 Å². The molecule has 4 heteroatoms. The third-order valence-corrected chi connectivity index (χ3v) is 1.75. The molecule has 1 aromatic rings. The van der Waals surface area contributed by atoms with E-state index in [1.807, 2.05) is 7.05 Å². The van der Waals surface area contributed by atoms with Gasteiger partial charge < -0.3 is 4.74 Å². The van der Waals surface area contributed by atoms with Crippen LogP contribution in [0.25, 0.3) is 0 Å². The van der Waals surface area contributed by atoms with Gasteiger partial charge in [0.05, 0.1) is 24.6 Å². The van der Waals surface area contributed by atoms with E-state index in [0.717, 1.165) is 24.4 Å². The number of nitrogens with zero attached hydrogens (tertiary/aromatic N) is 3. The molecule has 1 aromatic heterocycles.